The molecule has 0 spiro atoms. The van der Waals surface area contributed by atoms with Crippen LogP contribution < -0.4 is 14.2 Å². The number of hydrogen-bond acceptors (Lipinski definition) is 3. The molecule has 3 nitrogen and oxygen atoms in total. The highest BCUT2D eigenvalue weighted by molar-refractivity contribution is 5.72. The summed E-state index contributed by atoms with van der Waals surface area (Å²) in [5, 5.41) is 0. The minimum atomic E-state index is -0.639. The fourth-order valence-corrected chi connectivity index (χ4v) is 6.37. The molecule has 1 aromatic carbocycles. The summed E-state index contributed by atoms with van der Waals surface area (Å²) in [4.78, 5) is 0. The zero-order valence-electron chi connectivity index (χ0n) is 18.6. The van der Waals surface area contributed by atoms with Crippen molar-refractivity contribution in [1.29, 1.82) is 0 Å². The first-order chi connectivity index (χ1) is 13.1. The van der Waals surface area contributed by atoms with Crippen molar-refractivity contribution in [2.45, 2.75) is 79.4 Å². The summed E-state index contributed by atoms with van der Waals surface area (Å²) in [7, 11) is 1.74. The number of rotatable bonds is 2. The molecular formula is C25H36O3. The van der Waals surface area contributed by atoms with E-state index in [0.717, 1.165) is 28.7 Å². The molecule has 1 heterocycles. The molecule has 4 rings (SSSR count). The Bertz CT molecular complexity index is 804. The molecule has 2 saturated carbocycles. The van der Waals surface area contributed by atoms with Gasteiger partial charge in [-0.1, -0.05) is 39.7 Å². The van der Waals surface area contributed by atoms with Crippen molar-refractivity contribution in [1.82, 2.24) is 0 Å². The third kappa shape index (κ3) is 3.02. The Hall–Kier alpha value is -1.64. The maximum absolute atomic E-state index is 6.21. The molecule has 2 fully saturated rings. The SMILES string of the molecule is COc1ccc2c(c1/C=C1\[C@@H](C)CC[C@H]3C(C)(C)CCC[C@]13C)OC(C)(C)O2. The summed E-state index contributed by atoms with van der Waals surface area (Å²) < 4.78 is 18.0. The highest BCUT2D eigenvalue weighted by Gasteiger charge is 2.51. The molecule has 0 saturated heterocycles. The van der Waals surface area contributed by atoms with Crippen molar-refractivity contribution in [3.05, 3.63) is 23.3 Å². The molecule has 0 N–H and O–H groups in total. The Labute approximate surface area is 170 Å². The van der Waals surface area contributed by atoms with E-state index < -0.39 is 5.79 Å². The number of ether oxygens (including phenoxy) is 3. The lowest BCUT2D eigenvalue weighted by molar-refractivity contribution is -0.0432. The van der Waals surface area contributed by atoms with E-state index in [1.54, 1.807) is 12.7 Å². The van der Waals surface area contributed by atoms with Crippen LogP contribution in [0.2, 0.25) is 0 Å². The van der Waals surface area contributed by atoms with Gasteiger partial charge in [-0.15, -0.1) is 0 Å². The van der Waals surface area contributed by atoms with Crippen LogP contribution in [-0.2, 0) is 0 Å². The fourth-order valence-electron chi connectivity index (χ4n) is 6.37. The van der Waals surface area contributed by atoms with Gasteiger partial charge in [-0.05, 0) is 66.6 Å². The summed E-state index contributed by atoms with van der Waals surface area (Å²) in [6.45, 7) is 13.8. The Morgan fingerprint density at radius 3 is 2.50 bits per heavy atom. The molecule has 0 radical (unpaired) electrons. The van der Waals surface area contributed by atoms with Gasteiger partial charge >= 0.3 is 0 Å². The second-order valence-electron chi connectivity index (χ2n) is 10.5. The summed E-state index contributed by atoms with van der Waals surface area (Å²) in [5.74, 6) is 3.16. The van der Waals surface area contributed by atoms with Gasteiger partial charge in [-0.3, -0.25) is 0 Å². The smallest absolute Gasteiger partial charge is 0.246 e. The minimum Gasteiger partial charge on any atom is -0.496 e. The van der Waals surface area contributed by atoms with Crippen LogP contribution in [0.15, 0.2) is 17.7 Å². The average molecular weight is 385 g/mol. The number of allylic oxidation sites excluding steroid dienone is 1. The predicted molar refractivity (Wildman–Crippen MR) is 114 cm³/mol. The van der Waals surface area contributed by atoms with Gasteiger partial charge in [-0.25, -0.2) is 0 Å². The first-order valence-electron chi connectivity index (χ1n) is 10.9. The third-order valence-corrected chi connectivity index (χ3v) is 7.65. The van der Waals surface area contributed by atoms with E-state index in [0.29, 0.717) is 11.3 Å². The molecule has 0 bridgehead atoms. The summed E-state index contributed by atoms with van der Waals surface area (Å²) in [5.41, 5.74) is 3.24. The number of hydrogen-bond donors (Lipinski definition) is 0. The van der Waals surface area contributed by atoms with Gasteiger partial charge in [0.25, 0.3) is 0 Å². The van der Waals surface area contributed by atoms with Gasteiger partial charge in [0, 0.05) is 13.8 Å². The van der Waals surface area contributed by atoms with Gasteiger partial charge in [-0.2, -0.15) is 0 Å². The van der Waals surface area contributed by atoms with Gasteiger partial charge in [0.05, 0.1) is 12.7 Å². The standard InChI is InChI=1S/C25H36O3/c1-16-9-12-21-23(2,3)13-8-14-25(21,6)18(16)15-17-19(26-7)10-11-20-22(17)28-24(4,5)27-20/h10-11,15-16,21H,8-9,12-14H2,1-7H3/b18-15+/t16-,21-,25+/m0/s1. The lowest BCUT2D eigenvalue weighted by Crippen LogP contribution is -2.47. The Morgan fingerprint density at radius 1 is 1.04 bits per heavy atom. The summed E-state index contributed by atoms with van der Waals surface area (Å²) in [6.07, 6.45) is 8.90. The third-order valence-electron chi connectivity index (χ3n) is 7.65. The molecule has 3 aliphatic rings. The van der Waals surface area contributed by atoms with Gasteiger partial charge < -0.3 is 14.2 Å². The maximum Gasteiger partial charge on any atom is 0.246 e. The fraction of sp³-hybridized carbons (Fsp3) is 0.680. The first-order valence-corrected chi connectivity index (χ1v) is 10.9. The molecule has 0 aromatic heterocycles. The van der Waals surface area contributed by atoms with Gasteiger partial charge in [0.2, 0.25) is 5.79 Å². The van der Waals surface area contributed by atoms with Crippen LogP contribution in [0.3, 0.4) is 0 Å². The van der Waals surface area contributed by atoms with E-state index >= 15 is 0 Å². The average Bonchev–Trinajstić information content (AvgIpc) is 2.91. The van der Waals surface area contributed by atoms with Crippen molar-refractivity contribution in [3.8, 4) is 17.2 Å². The monoisotopic (exact) mass is 384 g/mol. The molecule has 0 unspecified atom stereocenters. The van der Waals surface area contributed by atoms with E-state index in [1.165, 1.54) is 32.1 Å². The van der Waals surface area contributed by atoms with Crippen LogP contribution >= 0.6 is 0 Å². The van der Waals surface area contributed by atoms with Crippen LogP contribution in [0.5, 0.6) is 17.2 Å². The van der Waals surface area contributed by atoms with E-state index in [9.17, 15) is 0 Å². The molecule has 1 aliphatic heterocycles. The van der Waals surface area contributed by atoms with Crippen molar-refractivity contribution < 1.29 is 14.2 Å². The van der Waals surface area contributed by atoms with Crippen molar-refractivity contribution in [3.63, 3.8) is 0 Å². The van der Waals surface area contributed by atoms with Gasteiger partial charge in [0.15, 0.2) is 11.5 Å². The second-order valence-corrected chi connectivity index (χ2v) is 10.5. The second kappa shape index (κ2) is 6.43. The first kappa shape index (κ1) is 19.7. The maximum atomic E-state index is 6.21. The summed E-state index contributed by atoms with van der Waals surface area (Å²) >= 11 is 0. The Balaban J connectivity index is 1.85. The lowest BCUT2D eigenvalue weighted by atomic mass is 9.48. The van der Waals surface area contributed by atoms with Crippen LogP contribution in [-0.4, -0.2) is 12.9 Å². The number of benzene rings is 1. The molecular weight excluding hydrogens is 348 g/mol. The molecule has 154 valence electrons. The highest BCUT2D eigenvalue weighted by Crippen LogP contribution is 2.61. The largest absolute Gasteiger partial charge is 0.496 e. The molecule has 1 aromatic rings. The molecule has 28 heavy (non-hydrogen) atoms. The zero-order chi connectivity index (χ0) is 20.3. The number of methoxy groups -OCH3 is 1. The molecule has 3 atom stereocenters. The van der Waals surface area contributed by atoms with Crippen molar-refractivity contribution in [2.24, 2.45) is 22.7 Å². The van der Waals surface area contributed by atoms with E-state index in [2.05, 4.69) is 33.8 Å². The topological polar surface area (TPSA) is 27.7 Å². The van der Waals surface area contributed by atoms with E-state index in [1.807, 2.05) is 26.0 Å². The normalized spacial score (nSPS) is 34.2. The van der Waals surface area contributed by atoms with Gasteiger partial charge in [0.1, 0.15) is 5.75 Å². The highest BCUT2D eigenvalue weighted by atomic mass is 16.7. The minimum absolute atomic E-state index is 0.238. The summed E-state index contributed by atoms with van der Waals surface area (Å²) in [6, 6.07) is 3.97. The zero-order valence-corrected chi connectivity index (χ0v) is 18.6. The van der Waals surface area contributed by atoms with Crippen LogP contribution in [0, 0.1) is 22.7 Å². The van der Waals surface area contributed by atoms with Crippen LogP contribution in [0.25, 0.3) is 6.08 Å². The predicted octanol–water partition coefficient (Wildman–Crippen LogP) is 6.85. The van der Waals surface area contributed by atoms with E-state index in [-0.39, 0.29) is 5.41 Å². The lowest BCUT2D eigenvalue weighted by Gasteiger charge is -2.56. The molecule has 2 aliphatic carbocycles. The van der Waals surface area contributed by atoms with Crippen LogP contribution in [0.4, 0.5) is 0 Å². The molecule has 0 amide bonds. The van der Waals surface area contributed by atoms with Crippen molar-refractivity contribution in [2.75, 3.05) is 7.11 Å². The quantitative estimate of drug-likeness (QED) is 0.558. The van der Waals surface area contributed by atoms with Crippen LogP contribution in [0.1, 0.15) is 79.2 Å². The molecule has 3 heteroatoms. The Morgan fingerprint density at radius 2 is 1.79 bits per heavy atom. The van der Waals surface area contributed by atoms with E-state index in [4.69, 9.17) is 14.2 Å². The number of fused-ring (bicyclic) bond motifs is 2. The van der Waals surface area contributed by atoms with Crippen molar-refractivity contribution >= 4 is 6.08 Å². The Kier molecular flexibility index (Phi) is 4.52.